The van der Waals surface area contributed by atoms with E-state index in [9.17, 15) is 15.0 Å². The van der Waals surface area contributed by atoms with Crippen molar-refractivity contribution in [1.29, 1.82) is 0 Å². The topological polar surface area (TPSA) is 66.8 Å². The molecule has 2 rings (SSSR count). The normalized spacial score (nSPS) is 25.3. The second-order valence-electron chi connectivity index (χ2n) is 3.74. The van der Waals surface area contributed by atoms with E-state index < -0.39 is 11.4 Å². The molecule has 1 aromatic carbocycles. The van der Waals surface area contributed by atoms with E-state index in [1.807, 2.05) is 0 Å². The van der Waals surface area contributed by atoms with Crippen molar-refractivity contribution in [1.82, 2.24) is 0 Å². The molecule has 0 saturated carbocycles. The van der Waals surface area contributed by atoms with Crippen LogP contribution in [0.25, 0.3) is 0 Å². The molecule has 15 heavy (non-hydrogen) atoms. The largest absolute Gasteiger partial charge is 0.508 e. The maximum Gasteiger partial charge on any atom is 0.316 e. The second-order valence-corrected chi connectivity index (χ2v) is 3.74. The van der Waals surface area contributed by atoms with E-state index in [-0.39, 0.29) is 12.4 Å². The van der Waals surface area contributed by atoms with Crippen LogP contribution in [-0.4, -0.2) is 29.4 Å². The third-order valence-corrected chi connectivity index (χ3v) is 2.83. The number of phenolic OH excluding ortho intramolecular Hbond substituents is 1. The highest BCUT2D eigenvalue weighted by molar-refractivity contribution is 5.82. The van der Waals surface area contributed by atoms with Crippen molar-refractivity contribution in [2.24, 2.45) is 0 Å². The highest BCUT2D eigenvalue weighted by Crippen LogP contribution is 2.34. The predicted molar refractivity (Wildman–Crippen MR) is 52.9 cm³/mol. The fourth-order valence-corrected chi connectivity index (χ4v) is 1.89. The first kappa shape index (κ1) is 9.98. The zero-order valence-corrected chi connectivity index (χ0v) is 8.14. The Kier molecular flexibility index (Phi) is 2.36. The Morgan fingerprint density at radius 3 is 2.80 bits per heavy atom. The zero-order valence-electron chi connectivity index (χ0n) is 8.14. The van der Waals surface area contributed by atoms with E-state index in [1.165, 1.54) is 12.1 Å². The van der Waals surface area contributed by atoms with Gasteiger partial charge in [0.05, 0.1) is 6.61 Å². The van der Waals surface area contributed by atoms with Gasteiger partial charge in [0.2, 0.25) is 0 Å². The van der Waals surface area contributed by atoms with Gasteiger partial charge in [-0.25, -0.2) is 0 Å². The monoisotopic (exact) mass is 208 g/mol. The number of hydrogen-bond donors (Lipinski definition) is 2. The molecule has 0 amide bonds. The lowest BCUT2D eigenvalue weighted by Crippen LogP contribution is -2.36. The Bertz CT molecular complexity index is 380. The highest BCUT2D eigenvalue weighted by Gasteiger charge is 2.44. The van der Waals surface area contributed by atoms with Gasteiger partial charge in [-0.05, 0) is 24.1 Å². The van der Waals surface area contributed by atoms with Crippen molar-refractivity contribution in [2.75, 3.05) is 13.2 Å². The Morgan fingerprint density at radius 2 is 2.27 bits per heavy atom. The molecule has 0 spiro atoms. The number of phenols is 1. The van der Waals surface area contributed by atoms with Gasteiger partial charge in [0.1, 0.15) is 11.2 Å². The van der Waals surface area contributed by atoms with Gasteiger partial charge in [0, 0.05) is 6.61 Å². The van der Waals surface area contributed by atoms with Gasteiger partial charge < -0.3 is 14.9 Å². The van der Waals surface area contributed by atoms with Gasteiger partial charge in [-0.1, -0.05) is 12.1 Å². The Labute approximate surface area is 87.1 Å². The quantitative estimate of drug-likeness (QED) is 0.764. The molecule has 1 aliphatic rings. The summed E-state index contributed by atoms with van der Waals surface area (Å²) in [4.78, 5) is 11.3. The van der Waals surface area contributed by atoms with Crippen LogP contribution in [0.1, 0.15) is 12.0 Å². The van der Waals surface area contributed by atoms with Crippen molar-refractivity contribution in [2.45, 2.75) is 11.8 Å². The third kappa shape index (κ3) is 1.57. The number of carboxylic acid groups (broad SMARTS) is 1. The standard InChI is InChI=1S/C11H12O4/c12-9-3-1-2-8(6-9)11(10(13)14)4-5-15-7-11/h1-3,6,12H,4-5,7H2,(H,13,14). The molecule has 0 radical (unpaired) electrons. The summed E-state index contributed by atoms with van der Waals surface area (Å²) in [6.07, 6.45) is 0.450. The smallest absolute Gasteiger partial charge is 0.316 e. The number of aliphatic carboxylic acids is 1. The van der Waals surface area contributed by atoms with Crippen LogP contribution in [0.15, 0.2) is 24.3 Å². The van der Waals surface area contributed by atoms with Crippen LogP contribution >= 0.6 is 0 Å². The molecule has 0 aromatic heterocycles. The molecule has 2 N–H and O–H groups in total. The summed E-state index contributed by atoms with van der Waals surface area (Å²) in [6.45, 7) is 0.619. The SMILES string of the molecule is O=C(O)C1(c2cccc(O)c2)CCOC1. The average Bonchev–Trinajstić information content (AvgIpc) is 2.67. The van der Waals surface area contributed by atoms with Gasteiger partial charge in [0.25, 0.3) is 0 Å². The van der Waals surface area contributed by atoms with Crippen LogP contribution in [-0.2, 0) is 14.9 Å². The van der Waals surface area contributed by atoms with Crippen LogP contribution in [0.2, 0.25) is 0 Å². The second kappa shape index (κ2) is 3.55. The van der Waals surface area contributed by atoms with Crippen LogP contribution < -0.4 is 0 Å². The molecule has 1 atom stereocenters. The first-order valence-corrected chi connectivity index (χ1v) is 4.76. The summed E-state index contributed by atoms with van der Waals surface area (Å²) in [5, 5.41) is 18.6. The summed E-state index contributed by atoms with van der Waals surface area (Å²) < 4.78 is 5.15. The van der Waals surface area contributed by atoms with Crippen molar-refractivity contribution in [3.05, 3.63) is 29.8 Å². The maximum atomic E-state index is 11.3. The van der Waals surface area contributed by atoms with Crippen molar-refractivity contribution in [3.63, 3.8) is 0 Å². The number of rotatable bonds is 2. The van der Waals surface area contributed by atoms with E-state index >= 15 is 0 Å². The summed E-state index contributed by atoms with van der Waals surface area (Å²) in [7, 11) is 0. The van der Waals surface area contributed by atoms with E-state index in [2.05, 4.69) is 0 Å². The first-order valence-electron chi connectivity index (χ1n) is 4.76. The van der Waals surface area contributed by atoms with Crippen molar-refractivity contribution < 1.29 is 19.7 Å². The molecular weight excluding hydrogens is 196 g/mol. The molecule has 1 aliphatic heterocycles. The number of carbonyl (C=O) groups is 1. The summed E-state index contributed by atoms with van der Waals surface area (Å²) in [5.74, 6) is -0.814. The molecule has 1 saturated heterocycles. The van der Waals surface area contributed by atoms with E-state index in [1.54, 1.807) is 12.1 Å². The molecule has 1 heterocycles. The minimum Gasteiger partial charge on any atom is -0.508 e. The lowest BCUT2D eigenvalue weighted by Gasteiger charge is -2.22. The molecule has 1 aromatic rings. The van der Waals surface area contributed by atoms with Gasteiger partial charge in [-0.15, -0.1) is 0 Å². The minimum atomic E-state index is -0.987. The third-order valence-electron chi connectivity index (χ3n) is 2.83. The molecule has 4 nitrogen and oxygen atoms in total. The number of benzene rings is 1. The number of hydrogen-bond acceptors (Lipinski definition) is 3. The van der Waals surface area contributed by atoms with Crippen LogP contribution in [0, 0.1) is 0 Å². The van der Waals surface area contributed by atoms with E-state index in [4.69, 9.17) is 4.74 Å². The molecular formula is C11H12O4. The van der Waals surface area contributed by atoms with Crippen LogP contribution in [0.5, 0.6) is 5.75 Å². The number of aromatic hydroxyl groups is 1. The summed E-state index contributed by atoms with van der Waals surface area (Å²) in [5.41, 5.74) is -0.383. The highest BCUT2D eigenvalue weighted by atomic mass is 16.5. The lowest BCUT2D eigenvalue weighted by atomic mass is 9.80. The summed E-state index contributed by atoms with van der Waals surface area (Å²) >= 11 is 0. The number of carboxylic acids is 1. The van der Waals surface area contributed by atoms with Crippen molar-refractivity contribution in [3.8, 4) is 5.75 Å². The fraction of sp³-hybridized carbons (Fsp3) is 0.364. The molecule has 0 aliphatic carbocycles. The maximum absolute atomic E-state index is 11.3. The first-order chi connectivity index (χ1) is 7.15. The molecule has 4 heteroatoms. The van der Waals surface area contributed by atoms with Crippen LogP contribution in [0.3, 0.4) is 0 Å². The Balaban J connectivity index is 2.45. The van der Waals surface area contributed by atoms with Gasteiger partial charge in [-0.3, -0.25) is 4.79 Å². The van der Waals surface area contributed by atoms with Crippen molar-refractivity contribution >= 4 is 5.97 Å². The molecule has 80 valence electrons. The molecule has 1 unspecified atom stereocenters. The number of ether oxygens (including phenoxy) is 1. The van der Waals surface area contributed by atoms with Gasteiger partial charge in [0.15, 0.2) is 0 Å². The van der Waals surface area contributed by atoms with Gasteiger partial charge in [-0.2, -0.15) is 0 Å². The Hall–Kier alpha value is -1.55. The molecule has 1 fully saturated rings. The van der Waals surface area contributed by atoms with Crippen LogP contribution in [0.4, 0.5) is 0 Å². The summed E-state index contributed by atoms with van der Waals surface area (Å²) in [6, 6.07) is 6.37. The predicted octanol–water partition coefficient (Wildman–Crippen LogP) is 1.13. The van der Waals surface area contributed by atoms with Gasteiger partial charge >= 0.3 is 5.97 Å². The molecule has 0 bridgehead atoms. The average molecular weight is 208 g/mol. The minimum absolute atomic E-state index is 0.0834. The van der Waals surface area contributed by atoms with E-state index in [0.29, 0.717) is 18.6 Å². The fourth-order valence-electron chi connectivity index (χ4n) is 1.89. The zero-order chi connectivity index (χ0) is 10.9. The Morgan fingerprint density at radius 1 is 1.47 bits per heavy atom. The lowest BCUT2D eigenvalue weighted by molar-refractivity contribution is -0.143. The van der Waals surface area contributed by atoms with E-state index in [0.717, 1.165) is 0 Å².